The van der Waals surface area contributed by atoms with Crippen molar-refractivity contribution in [1.82, 2.24) is 4.90 Å². The Morgan fingerprint density at radius 2 is 1.31 bits per heavy atom. The van der Waals surface area contributed by atoms with Crippen LogP contribution in [0.15, 0.2) is 133 Å². The van der Waals surface area contributed by atoms with Crippen LogP contribution >= 0.6 is 0 Å². The summed E-state index contributed by atoms with van der Waals surface area (Å²) < 4.78 is 41.8. The third-order valence-electron chi connectivity index (χ3n) is 11.0. The van der Waals surface area contributed by atoms with E-state index in [4.69, 9.17) is 33.2 Å². The molecule has 2 fully saturated rings. The van der Waals surface area contributed by atoms with E-state index in [0.717, 1.165) is 40.7 Å². The number of carbonyl (C=O) groups is 5. The van der Waals surface area contributed by atoms with Crippen molar-refractivity contribution in [1.29, 1.82) is 0 Å². The van der Waals surface area contributed by atoms with Gasteiger partial charge in [0.05, 0.1) is 31.8 Å². The highest BCUT2D eigenvalue weighted by Crippen LogP contribution is 2.31. The zero-order valence-corrected chi connectivity index (χ0v) is 36.0. The van der Waals surface area contributed by atoms with E-state index in [2.05, 4.69) is 0 Å². The molecule has 2 aliphatic heterocycles. The first kappa shape index (κ1) is 47.6. The molecule has 0 radical (unpaired) electrons. The molecule has 2 amide bonds. The molecule has 6 rings (SSSR count). The number of hydrogen-bond donors (Lipinski definition) is 1. The number of aliphatic hydroxyl groups excluding tert-OH is 1. The number of amides is 2. The van der Waals surface area contributed by atoms with E-state index in [1.54, 1.807) is 30.3 Å². The number of carbonyl (C=O) groups excluding carboxylic acids is 5. The Morgan fingerprint density at radius 1 is 0.750 bits per heavy atom. The average molecular weight is 878 g/mol. The Balaban J connectivity index is 1.13. The first-order valence-corrected chi connectivity index (χ1v) is 21.4. The fourth-order valence-electron chi connectivity index (χ4n) is 7.79. The molecule has 0 aliphatic carbocycles. The third kappa shape index (κ3) is 13.3. The van der Waals surface area contributed by atoms with Gasteiger partial charge in [0.15, 0.2) is 24.0 Å². The highest BCUT2D eigenvalue weighted by Gasteiger charge is 2.49. The standard InChI is InChI=1S/C50H55NO13/c1-34(53)63-44(41(29-36-18-9-4-10-19-36)48(56)51-39(33-62-50(51)57)28-35-16-7-3-8-17-35)42(55)26-25-40(54)24-15-27-59-47-46(61-32-38-22-13-6-14-23-38)45(43(30-52)64-49(47)58-2)60-31-37-20-11-5-12-21-37/h3-14,16-23,25-26,39,41,43-47,49,52H,15,24,27-33H2,1-2H3. The van der Waals surface area contributed by atoms with Gasteiger partial charge in [0.25, 0.3) is 0 Å². The number of methoxy groups -OCH3 is 1. The highest BCUT2D eigenvalue weighted by molar-refractivity contribution is 6.04. The summed E-state index contributed by atoms with van der Waals surface area (Å²) in [6.07, 6.45) is -4.07. The number of ether oxygens (including phenoxy) is 7. The summed E-state index contributed by atoms with van der Waals surface area (Å²) in [5.41, 5.74) is 3.36. The van der Waals surface area contributed by atoms with Crippen LogP contribution < -0.4 is 0 Å². The summed E-state index contributed by atoms with van der Waals surface area (Å²) in [5.74, 6) is -4.13. The minimum absolute atomic E-state index is 0.0386. The van der Waals surface area contributed by atoms with Crippen molar-refractivity contribution in [2.75, 3.05) is 26.9 Å². The number of hydrogen-bond acceptors (Lipinski definition) is 13. The van der Waals surface area contributed by atoms with Gasteiger partial charge in [-0.15, -0.1) is 0 Å². The summed E-state index contributed by atoms with van der Waals surface area (Å²) in [7, 11) is 1.46. The van der Waals surface area contributed by atoms with Crippen LogP contribution in [0.4, 0.5) is 4.79 Å². The van der Waals surface area contributed by atoms with E-state index in [9.17, 15) is 29.1 Å². The Labute approximate surface area is 373 Å². The lowest BCUT2D eigenvalue weighted by Gasteiger charge is -2.45. The molecule has 14 nitrogen and oxygen atoms in total. The van der Waals surface area contributed by atoms with Crippen LogP contribution in [0.25, 0.3) is 0 Å². The maximum absolute atomic E-state index is 14.4. The lowest BCUT2D eigenvalue weighted by Crippen LogP contribution is -2.61. The first-order chi connectivity index (χ1) is 31.1. The van der Waals surface area contributed by atoms with E-state index in [1.807, 2.05) is 91.0 Å². The summed E-state index contributed by atoms with van der Waals surface area (Å²) in [4.78, 5) is 68.1. The molecular weight excluding hydrogens is 823 g/mol. The summed E-state index contributed by atoms with van der Waals surface area (Å²) in [6, 6.07) is 36.6. The molecule has 64 heavy (non-hydrogen) atoms. The van der Waals surface area contributed by atoms with E-state index in [-0.39, 0.29) is 52.3 Å². The van der Waals surface area contributed by atoms with E-state index in [0.29, 0.717) is 12.0 Å². The van der Waals surface area contributed by atoms with Crippen molar-refractivity contribution in [2.45, 2.75) is 88.7 Å². The molecule has 0 spiro atoms. The SMILES string of the molecule is COC1OC(CO)C(OCc2ccccc2)C(OCc2ccccc2)C1OCCCC(=O)C=CC(=O)C(OC(C)=O)C(Cc1ccccc1)C(=O)N1C(=O)OCC1Cc1ccccc1. The summed E-state index contributed by atoms with van der Waals surface area (Å²) >= 11 is 0. The van der Waals surface area contributed by atoms with Gasteiger partial charge in [-0.25, -0.2) is 9.69 Å². The second-order valence-corrected chi connectivity index (χ2v) is 15.6. The van der Waals surface area contributed by atoms with Crippen molar-refractivity contribution in [3.63, 3.8) is 0 Å². The Bertz CT molecular complexity index is 2140. The normalized spacial score (nSPS) is 21.9. The zero-order chi connectivity index (χ0) is 45.3. The molecule has 0 bridgehead atoms. The molecule has 8 atom stereocenters. The Kier molecular flexibility index (Phi) is 18.0. The number of rotatable bonds is 23. The average Bonchev–Trinajstić information content (AvgIpc) is 3.68. The van der Waals surface area contributed by atoms with Crippen LogP contribution in [0.3, 0.4) is 0 Å². The number of benzene rings is 4. The molecule has 1 N–H and O–H groups in total. The minimum Gasteiger partial charge on any atom is -0.453 e. The molecule has 338 valence electrons. The van der Waals surface area contributed by atoms with Gasteiger partial charge in [0, 0.05) is 27.1 Å². The first-order valence-electron chi connectivity index (χ1n) is 21.4. The topological polar surface area (TPSA) is 173 Å². The smallest absolute Gasteiger partial charge is 0.416 e. The summed E-state index contributed by atoms with van der Waals surface area (Å²) in [6.45, 7) is 1.20. The lowest BCUT2D eigenvalue weighted by atomic mass is 9.89. The fourth-order valence-corrected chi connectivity index (χ4v) is 7.79. The van der Waals surface area contributed by atoms with E-state index >= 15 is 0 Å². The number of ketones is 2. The van der Waals surface area contributed by atoms with Crippen LogP contribution in [0.1, 0.15) is 42.0 Å². The third-order valence-corrected chi connectivity index (χ3v) is 11.0. The Morgan fingerprint density at radius 3 is 1.88 bits per heavy atom. The fraction of sp³-hybridized carbons (Fsp3) is 0.380. The van der Waals surface area contributed by atoms with Gasteiger partial charge >= 0.3 is 12.1 Å². The van der Waals surface area contributed by atoms with Crippen molar-refractivity contribution in [2.24, 2.45) is 5.92 Å². The molecule has 0 aromatic heterocycles. The van der Waals surface area contributed by atoms with E-state index in [1.165, 1.54) is 7.11 Å². The monoisotopic (exact) mass is 877 g/mol. The largest absolute Gasteiger partial charge is 0.453 e. The molecule has 4 aromatic carbocycles. The lowest BCUT2D eigenvalue weighted by molar-refractivity contribution is -0.319. The van der Waals surface area contributed by atoms with Crippen molar-refractivity contribution < 1.29 is 62.2 Å². The van der Waals surface area contributed by atoms with Crippen molar-refractivity contribution >= 4 is 29.5 Å². The maximum atomic E-state index is 14.4. The van der Waals surface area contributed by atoms with Crippen molar-refractivity contribution in [3.8, 4) is 0 Å². The molecule has 2 heterocycles. The van der Waals surface area contributed by atoms with Crippen LogP contribution in [-0.4, -0.2) is 109 Å². The minimum atomic E-state index is -1.66. The van der Waals surface area contributed by atoms with Gasteiger partial charge in [-0.2, -0.15) is 0 Å². The number of aliphatic hydroxyl groups is 1. The van der Waals surface area contributed by atoms with Gasteiger partial charge in [0.1, 0.15) is 31.0 Å². The number of cyclic esters (lactones) is 1. The highest BCUT2D eigenvalue weighted by atomic mass is 16.7. The number of esters is 1. The van der Waals surface area contributed by atoms with Crippen LogP contribution in [0.2, 0.25) is 0 Å². The second-order valence-electron chi connectivity index (χ2n) is 15.6. The molecule has 0 saturated carbocycles. The molecule has 2 saturated heterocycles. The number of allylic oxidation sites excluding steroid dienone is 1. The second kappa shape index (κ2) is 24.3. The van der Waals surface area contributed by atoms with Gasteiger partial charge in [0.2, 0.25) is 5.91 Å². The van der Waals surface area contributed by atoms with Gasteiger partial charge < -0.3 is 38.3 Å². The van der Waals surface area contributed by atoms with E-state index < -0.39 is 78.3 Å². The van der Waals surface area contributed by atoms with Crippen LogP contribution in [0.5, 0.6) is 0 Å². The van der Waals surface area contributed by atoms with Gasteiger partial charge in [-0.05, 0) is 53.7 Å². The predicted molar refractivity (Wildman–Crippen MR) is 232 cm³/mol. The van der Waals surface area contributed by atoms with Crippen LogP contribution in [0, 0.1) is 5.92 Å². The van der Waals surface area contributed by atoms with Crippen molar-refractivity contribution in [3.05, 3.63) is 156 Å². The number of imide groups is 1. The van der Waals surface area contributed by atoms with Crippen LogP contribution in [-0.2, 0) is 78.4 Å². The van der Waals surface area contributed by atoms with Gasteiger partial charge in [-0.3, -0.25) is 19.2 Å². The summed E-state index contributed by atoms with van der Waals surface area (Å²) in [5, 5.41) is 10.4. The maximum Gasteiger partial charge on any atom is 0.416 e. The molecular formula is C50H55NO13. The quantitative estimate of drug-likeness (QED) is 0.0542. The van der Waals surface area contributed by atoms with Gasteiger partial charge in [-0.1, -0.05) is 121 Å². The molecule has 2 aliphatic rings. The number of nitrogens with zero attached hydrogens (tertiary/aromatic N) is 1. The molecule has 4 aromatic rings. The predicted octanol–water partition coefficient (Wildman–Crippen LogP) is 5.76. The zero-order valence-electron chi connectivity index (χ0n) is 36.0. The molecule has 8 unspecified atom stereocenters. The Hall–Kier alpha value is -5.87. The molecule has 14 heteroatoms.